The molecule has 0 unspecified atom stereocenters. The lowest BCUT2D eigenvalue weighted by Crippen LogP contribution is -2.58. The molecule has 0 fully saturated rings. The van der Waals surface area contributed by atoms with Crippen LogP contribution in [0.5, 0.6) is 0 Å². The van der Waals surface area contributed by atoms with Crippen LogP contribution in [0, 0.1) is 0 Å². The smallest absolute Gasteiger partial charge is 0.404 e. The van der Waals surface area contributed by atoms with Crippen LogP contribution in [0.1, 0.15) is 56.6 Å². The van der Waals surface area contributed by atoms with E-state index in [1.54, 1.807) is 67.6 Å². The van der Waals surface area contributed by atoms with Crippen molar-refractivity contribution in [1.29, 1.82) is 0 Å². The highest BCUT2D eigenvalue weighted by Crippen LogP contribution is 2.21. The summed E-state index contributed by atoms with van der Waals surface area (Å²) in [5.74, 6) is -9.41. The Labute approximate surface area is 438 Å². The Morgan fingerprint density at radius 2 is 1.12 bits per heavy atom. The van der Waals surface area contributed by atoms with Crippen molar-refractivity contribution in [2.75, 3.05) is 31.2 Å². The Morgan fingerprint density at radius 1 is 0.595 bits per heavy atom. The first-order valence-electron chi connectivity index (χ1n) is 22.8. The van der Waals surface area contributed by atoms with Crippen LogP contribution in [0.25, 0.3) is 0 Å². The van der Waals surface area contributed by atoms with E-state index < -0.39 is 132 Å². The van der Waals surface area contributed by atoms with Crippen molar-refractivity contribution >= 4 is 104 Å². The first kappa shape index (κ1) is 62.9. The van der Waals surface area contributed by atoms with Crippen molar-refractivity contribution in [2.45, 2.75) is 101 Å². The minimum Gasteiger partial charge on any atom is -0.481 e. The number of primary amides is 1. The second-order valence-electron chi connectivity index (χ2n) is 16.2. The Morgan fingerprint density at radius 3 is 1.65 bits per heavy atom. The maximum atomic E-state index is 14.0. The second kappa shape index (κ2) is 34.2. The predicted octanol–water partition coefficient (Wildman–Crippen LogP) is -1.65. The minimum atomic E-state index is -1.54. The number of nitrogens with one attached hydrogen (secondary N) is 8. The average Bonchev–Trinajstić information content (AvgIpc) is 3.33. The van der Waals surface area contributed by atoms with Gasteiger partial charge in [-0.25, -0.2) is 14.4 Å². The summed E-state index contributed by atoms with van der Waals surface area (Å²) in [6.45, 7) is 0.970. The zero-order valence-electron chi connectivity index (χ0n) is 40.1. The zero-order chi connectivity index (χ0) is 55.2. The molecule has 0 aromatic heterocycles. The molecule has 29 heteroatoms. The number of carboxylic acid groups (broad SMARTS) is 4. The predicted molar refractivity (Wildman–Crippen MR) is 273 cm³/mol. The van der Waals surface area contributed by atoms with Crippen LogP contribution in [-0.4, -0.2) is 164 Å². The molecule has 2 aromatic carbocycles. The number of aliphatic carboxylic acids is 4. The number of nitrogens with two attached hydrogens (primary N) is 2. The molecule has 7 amide bonds. The second-order valence-corrected chi connectivity index (χ2v) is 19.3. The number of rotatable bonds is 35. The maximum Gasteiger partial charge on any atom is 0.404 e. The molecule has 26 nitrogen and oxygen atoms in total. The monoisotopic (exact) mass is 1090 g/mol. The zero-order valence-corrected chi connectivity index (χ0v) is 42.5. The molecule has 406 valence electrons. The van der Waals surface area contributed by atoms with Gasteiger partial charge in [0, 0.05) is 62.7 Å². The van der Waals surface area contributed by atoms with Crippen LogP contribution in [0.2, 0.25) is 0 Å². The van der Waals surface area contributed by atoms with Gasteiger partial charge in [0.2, 0.25) is 35.4 Å². The highest BCUT2D eigenvalue weighted by atomic mass is 33.1. The molecule has 0 aliphatic heterocycles. The minimum absolute atomic E-state index is 0.0436. The molecule has 2 rings (SSSR count). The van der Waals surface area contributed by atoms with Crippen LogP contribution in [0.15, 0.2) is 60.7 Å². The molecule has 7 atom stereocenters. The largest absolute Gasteiger partial charge is 0.481 e. The summed E-state index contributed by atoms with van der Waals surface area (Å²) in [5, 5.41) is 56.9. The lowest BCUT2D eigenvalue weighted by Gasteiger charge is -2.25. The van der Waals surface area contributed by atoms with Gasteiger partial charge in [-0.2, -0.15) is 0 Å². The highest BCUT2D eigenvalue weighted by molar-refractivity contribution is 8.76. The molecule has 0 spiro atoms. The van der Waals surface area contributed by atoms with E-state index >= 15 is 0 Å². The van der Waals surface area contributed by atoms with Crippen molar-refractivity contribution in [3.8, 4) is 0 Å². The standard InChI is InChI=1S/C45H62N10O16S3/c1-25(24-74-73-19-18-71-44(47)70)50-40(64)33(22-37(60)61)52-38(62)28(46)23-49-39(63)31(20-26-8-4-2-5-9-26)53-41(65)32(21-27-10-6-3-7-11-27)51-35(57)16-17-48-34(56)14-12-29(42(66)67)54-45(72)55-30(43(68)69)13-15-36(58)59/h2-11,25,28-33H,12-24,46H2,1H3,(H2,47,70)(H,48,56)(H,49,63)(H,50,64)(H,51,57)(H,52,62)(H,53,65)(H,58,59)(H,60,61)(H,66,67)(H,68,69)(H2,54,55,72)/t25-,28-,29-,30-,31-,32-,33-/m0/s1. The summed E-state index contributed by atoms with van der Waals surface area (Å²) < 4.78 is 4.64. The van der Waals surface area contributed by atoms with Crippen molar-refractivity contribution in [1.82, 2.24) is 42.5 Å². The van der Waals surface area contributed by atoms with Crippen LogP contribution in [-0.2, 0) is 65.5 Å². The Hall–Kier alpha value is -7.24. The number of benzene rings is 2. The molecular weight excluding hydrogens is 1030 g/mol. The lowest BCUT2D eigenvalue weighted by atomic mass is 10.0. The molecule has 0 aliphatic carbocycles. The number of carbonyl (C=O) groups is 11. The van der Waals surface area contributed by atoms with E-state index in [9.17, 15) is 68.1 Å². The first-order valence-corrected chi connectivity index (χ1v) is 25.6. The van der Waals surface area contributed by atoms with E-state index in [2.05, 4.69) is 47.3 Å². The molecule has 74 heavy (non-hydrogen) atoms. The van der Waals surface area contributed by atoms with E-state index in [1.165, 1.54) is 21.6 Å². The Bertz CT molecular complexity index is 2250. The average molecular weight is 1100 g/mol. The highest BCUT2D eigenvalue weighted by Gasteiger charge is 2.31. The van der Waals surface area contributed by atoms with Gasteiger partial charge in [0.05, 0.1) is 6.42 Å². The summed E-state index contributed by atoms with van der Waals surface area (Å²) in [7, 11) is 2.68. The molecule has 0 heterocycles. The van der Waals surface area contributed by atoms with Gasteiger partial charge in [0.1, 0.15) is 42.9 Å². The quantitative estimate of drug-likeness (QED) is 0.0209. The topological polar surface area (TPSA) is 426 Å². The fraction of sp³-hybridized carbons (Fsp3) is 0.467. The number of hydrogen-bond donors (Lipinski definition) is 14. The van der Waals surface area contributed by atoms with Gasteiger partial charge < -0.3 is 79.2 Å². The van der Waals surface area contributed by atoms with E-state index in [0.717, 1.165) is 0 Å². The molecule has 2 aromatic rings. The molecule has 0 radical (unpaired) electrons. The van der Waals surface area contributed by atoms with E-state index in [1.807, 2.05) is 0 Å². The van der Waals surface area contributed by atoms with Crippen LogP contribution in [0.4, 0.5) is 4.79 Å². The number of ether oxygens (including phenoxy) is 1. The van der Waals surface area contributed by atoms with Gasteiger partial charge in [-0.1, -0.05) is 82.3 Å². The van der Waals surface area contributed by atoms with Gasteiger partial charge in [-0.15, -0.1) is 0 Å². The van der Waals surface area contributed by atoms with E-state index in [-0.39, 0.29) is 51.7 Å². The van der Waals surface area contributed by atoms with E-state index in [4.69, 9.17) is 28.8 Å². The summed E-state index contributed by atoms with van der Waals surface area (Å²) in [4.78, 5) is 137. The fourth-order valence-corrected chi connectivity index (χ4v) is 8.73. The third kappa shape index (κ3) is 27.0. The van der Waals surface area contributed by atoms with Crippen LogP contribution >= 0.6 is 33.8 Å². The molecule has 0 saturated heterocycles. The van der Waals surface area contributed by atoms with Crippen molar-refractivity contribution < 1.29 is 77.9 Å². The summed E-state index contributed by atoms with van der Waals surface area (Å²) >= 11 is 5.00. The third-order valence-corrected chi connectivity index (χ3v) is 12.9. The molecular formula is C45H62N10O16S3. The summed E-state index contributed by atoms with van der Waals surface area (Å²) in [6, 6.07) is 8.14. The normalized spacial score (nSPS) is 13.5. The molecule has 0 saturated carbocycles. The van der Waals surface area contributed by atoms with Crippen molar-refractivity contribution in [3.05, 3.63) is 71.8 Å². The SMILES string of the molecule is C[C@@H](CSSCCOC(N)=O)NC(=O)[C@H](CC(=O)O)NC(=O)[C@@H](N)CNC(=O)[C@H](Cc1ccccc1)NC(=O)[C@H](Cc1ccccc1)NC(=O)CCNC(=O)CC[C@H](NC(=S)N[C@@H](CCC(=O)O)C(=O)O)C(=O)O. The van der Waals surface area contributed by atoms with Gasteiger partial charge in [0.15, 0.2) is 5.11 Å². The number of carbonyl (C=O) groups excluding carboxylic acids is 7. The van der Waals surface area contributed by atoms with Gasteiger partial charge in [0.25, 0.3) is 0 Å². The van der Waals surface area contributed by atoms with E-state index in [0.29, 0.717) is 22.6 Å². The summed E-state index contributed by atoms with van der Waals surface area (Å²) in [5.41, 5.74) is 12.3. The number of amides is 7. The Balaban J connectivity index is 2.08. The Kier molecular flexibility index (Phi) is 29.1. The lowest BCUT2D eigenvalue weighted by molar-refractivity contribution is -0.141. The molecule has 0 bridgehead atoms. The van der Waals surface area contributed by atoms with Crippen LogP contribution in [0.3, 0.4) is 0 Å². The first-order chi connectivity index (χ1) is 35.0. The molecule has 16 N–H and O–H groups in total. The fourth-order valence-electron chi connectivity index (χ4n) is 6.34. The van der Waals surface area contributed by atoms with Crippen LogP contribution < -0.4 is 54.0 Å². The van der Waals surface area contributed by atoms with Gasteiger partial charge >= 0.3 is 30.0 Å². The van der Waals surface area contributed by atoms with Gasteiger partial charge in [-0.3, -0.25) is 38.4 Å². The number of hydrogen-bond acceptors (Lipinski definition) is 16. The van der Waals surface area contributed by atoms with Crippen molar-refractivity contribution in [3.63, 3.8) is 0 Å². The number of thiocarbonyl (C=S) groups is 1. The third-order valence-electron chi connectivity index (χ3n) is 10.1. The molecule has 0 aliphatic rings. The van der Waals surface area contributed by atoms with Crippen molar-refractivity contribution in [2.24, 2.45) is 11.5 Å². The van der Waals surface area contributed by atoms with Gasteiger partial charge in [-0.05, 0) is 43.1 Å². The summed E-state index contributed by atoms with van der Waals surface area (Å²) in [6.07, 6.45) is -3.71. The number of carboxylic acids is 4. The maximum absolute atomic E-state index is 14.0.